The van der Waals surface area contributed by atoms with Crippen molar-refractivity contribution in [1.29, 1.82) is 0 Å². The molecular weight excluding hydrogens is 226 g/mol. The zero-order chi connectivity index (χ0) is 12.8. The van der Waals surface area contributed by atoms with E-state index < -0.39 is 0 Å². The summed E-state index contributed by atoms with van der Waals surface area (Å²) < 4.78 is 0. The van der Waals surface area contributed by atoms with E-state index in [9.17, 15) is 4.79 Å². The molecule has 2 rings (SSSR count). The number of rotatable bonds is 4. The van der Waals surface area contributed by atoms with Crippen LogP contribution in [0.3, 0.4) is 0 Å². The molecule has 0 aromatic carbocycles. The van der Waals surface area contributed by atoms with E-state index in [0.717, 1.165) is 38.0 Å². The molecule has 4 heteroatoms. The highest BCUT2D eigenvalue weighted by Crippen LogP contribution is 2.09. The van der Waals surface area contributed by atoms with Crippen LogP contribution in [0.15, 0.2) is 18.3 Å². The molecule has 0 bridgehead atoms. The first-order valence-electron chi connectivity index (χ1n) is 6.72. The van der Waals surface area contributed by atoms with E-state index >= 15 is 0 Å². The van der Waals surface area contributed by atoms with Crippen molar-refractivity contribution >= 4 is 5.91 Å². The van der Waals surface area contributed by atoms with Crippen LogP contribution in [-0.4, -0.2) is 23.5 Å². The predicted molar refractivity (Wildman–Crippen MR) is 71.1 cm³/mol. The van der Waals surface area contributed by atoms with Crippen LogP contribution in [0.5, 0.6) is 0 Å². The Hall–Kier alpha value is -1.42. The Labute approximate surface area is 108 Å². The molecule has 2 N–H and O–H groups in total. The van der Waals surface area contributed by atoms with Crippen molar-refractivity contribution in [3.63, 3.8) is 0 Å². The van der Waals surface area contributed by atoms with Crippen LogP contribution in [0.1, 0.15) is 37.4 Å². The average molecular weight is 247 g/mol. The van der Waals surface area contributed by atoms with Gasteiger partial charge in [0.15, 0.2) is 0 Å². The van der Waals surface area contributed by atoms with Gasteiger partial charge in [0.1, 0.15) is 0 Å². The summed E-state index contributed by atoms with van der Waals surface area (Å²) in [6, 6.07) is 4.37. The summed E-state index contributed by atoms with van der Waals surface area (Å²) in [5, 5.41) is 6.36. The van der Waals surface area contributed by atoms with E-state index in [1.54, 1.807) is 0 Å². The molecule has 2 heterocycles. The lowest BCUT2D eigenvalue weighted by Gasteiger charge is -2.15. The van der Waals surface area contributed by atoms with Crippen LogP contribution in [0.25, 0.3) is 0 Å². The Balaban J connectivity index is 1.92. The van der Waals surface area contributed by atoms with Crippen molar-refractivity contribution in [3.8, 4) is 0 Å². The molecule has 1 fully saturated rings. The van der Waals surface area contributed by atoms with Crippen LogP contribution in [0.2, 0.25) is 0 Å². The molecule has 0 spiro atoms. The van der Waals surface area contributed by atoms with Gasteiger partial charge < -0.3 is 10.6 Å². The molecule has 1 aliphatic rings. The largest absolute Gasteiger partial charge is 0.356 e. The highest BCUT2D eigenvalue weighted by molar-refractivity contribution is 5.76. The van der Waals surface area contributed by atoms with E-state index in [4.69, 9.17) is 0 Å². The molecule has 1 saturated heterocycles. The second-order valence-corrected chi connectivity index (χ2v) is 4.74. The molecule has 0 radical (unpaired) electrons. The van der Waals surface area contributed by atoms with Crippen LogP contribution in [0.4, 0.5) is 0 Å². The first kappa shape index (κ1) is 13.0. The van der Waals surface area contributed by atoms with Crippen LogP contribution < -0.4 is 10.6 Å². The summed E-state index contributed by atoms with van der Waals surface area (Å²) in [6.07, 6.45) is 5.50. The number of hydrogen-bond donors (Lipinski definition) is 2. The van der Waals surface area contributed by atoms with Crippen molar-refractivity contribution in [2.24, 2.45) is 0 Å². The first-order valence-corrected chi connectivity index (χ1v) is 6.72. The summed E-state index contributed by atoms with van der Waals surface area (Å²) in [5.74, 6) is 0.154. The van der Waals surface area contributed by atoms with Crippen molar-refractivity contribution in [1.82, 2.24) is 15.6 Å². The van der Waals surface area contributed by atoms with Gasteiger partial charge >= 0.3 is 0 Å². The molecule has 4 nitrogen and oxygen atoms in total. The van der Waals surface area contributed by atoms with Crippen molar-refractivity contribution in [2.45, 2.75) is 45.2 Å². The number of carbonyl (C=O) groups is 1. The summed E-state index contributed by atoms with van der Waals surface area (Å²) in [6.45, 7) is 3.70. The number of aryl methyl sites for hydroxylation is 1. The molecule has 0 aliphatic carbocycles. The van der Waals surface area contributed by atoms with Gasteiger partial charge in [-0.1, -0.05) is 13.0 Å². The second-order valence-electron chi connectivity index (χ2n) is 4.74. The van der Waals surface area contributed by atoms with Gasteiger partial charge in [-0.3, -0.25) is 9.78 Å². The topological polar surface area (TPSA) is 54.0 Å². The third-order valence-corrected chi connectivity index (χ3v) is 3.41. The minimum atomic E-state index is 0.154. The standard InChI is InChI=1S/C14H21N3O/c1-2-11-5-3-7-15-13(11)10-17-12-6-4-8-16-14(18)9-12/h3,5,7,12,17H,2,4,6,8-10H2,1H3,(H,16,18). The van der Waals surface area contributed by atoms with Crippen LogP contribution in [-0.2, 0) is 17.8 Å². The van der Waals surface area contributed by atoms with Gasteiger partial charge in [0.05, 0.1) is 5.69 Å². The summed E-state index contributed by atoms with van der Waals surface area (Å²) in [7, 11) is 0. The molecule has 1 aliphatic heterocycles. The minimum Gasteiger partial charge on any atom is -0.356 e. The Morgan fingerprint density at radius 1 is 1.56 bits per heavy atom. The van der Waals surface area contributed by atoms with Gasteiger partial charge in [-0.2, -0.15) is 0 Å². The van der Waals surface area contributed by atoms with Gasteiger partial charge in [0.25, 0.3) is 0 Å². The normalized spacial score (nSPS) is 20.3. The quantitative estimate of drug-likeness (QED) is 0.845. The molecule has 1 atom stereocenters. The monoisotopic (exact) mass is 247 g/mol. The summed E-state index contributed by atoms with van der Waals surface area (Å²) >= 11 is 0. The molecule has 98 valence electrons. The molecular formula is C14H21N3O. The molecule has 1 aromatic heterocycles. The maximum Gasteiger partial charge on any atom is 0.221 e. The van der Waals surface area contributed by atoms with Gasteiger partial charge in [-0.25, -0.2) is 0 Å². The number of carbonyl (C=O) groups excluding carboxylic acids is 1. The predicted octanol–water partition coefficient (Wildman–Crippen LogP) is 1.40. The number of amides is 1. The fraction of sp³-hybridized carbons (Fsp3) is 0.571. The third-order valence-electron chi connectivity index (χ3n) is 3.41. The van der Waals surface area contributed by atoms with E-state index in [0.29, 0.717) is 6.42 Å². The van der Waals surface area contributed by atoms with Crippen molar-refractivity contribution in [2.75, 3.05) is 6.54 Å². The fourth-order valence-corrected chi connectivity index (χ4v) is 2.34. The Morgan fingerprint density at radius 3 is 3.28 bits per heavy atom. The lowest BCUT2D eigenvalue weighted by Crippen LogP contribution is -2.32. The van der Waals surface area contributed by atoms with Gasteiger partial charge in [-0.15, -0.1) is 0 Å². The lowest BCUT2D eigenvalue weighted by atomic mass is 10.1. The smallest absolute Gasteiger partial charge is 0.221 e. The van der Waals surface area contributed by atoms with Crippen molar-refractivity contribution < 1.29 is 4.79 Å². The number of hydrogen-bond acceptors (Lipinski definition) is 3. The Kier molecular flexibility index (Phi) is 4.70. The number of aromatic nitrogens is 1. The van der Waals surface area contributed by atoms with Crippen LogP contribution >= 0.6 is 0 Å². The third kappa shape index (κ3) is 3.53. The highest BCUT2D eigenvalue weighted by atomic mass is 16.1. The molecule has 1 unspecified atom stereocenters. The maximum atomic E-state index is 11.5. The van der Waals surface area contributed by atoms with E-state index in [-0.39, 0.29) is 11.9 Å². The average Bonchev–Trinajstić information content (AvgIpc) is 2.61. The van der Waals surface area contributed by atoms with E-state index in [1.165, 1.54) is 5.56 Å². The molecule has 0 saturated carbocycles. The minimum absolute atomic E-state index is 0.154. The second kappa shape index (κ2) is 6.50. The first-order chi connectivity index (χ1) is 8.79. The van der Waals surface area contributed by atoms with Crippen molar-refractivity contribution in [3.05, 3.63) is 29.6 Å². The summed E-state index contributed by atoms with van der Waals surface area (Å²) in [5.41, 5.74) is 2.38. The highest BCUT2D eigenvalue weighted by Gasteiger charge is 2.17. The molecule has 18 heavy (non-hydrogen) atoms. The van der Waals surface area contributed by atoms with Gasteiger partial charge in [0.2, 0.25) is 5.91 Å². The Bertz CT molecular complexity index is 406. The zero-order valence-electron chi connectivity index (χ0n) is 10.9. The lowest BCUT2D eigenvalue weighted by molar-refractivity contribution is -0.121. The van der Waals surface area contributed by atoms with Gasteiger partial charge in [-0.05, 0) is 30.9 Å². The zero-order valence-corrected chi connectivity index (χ0v) is 10.9. The maximum absolute atomic E-state index is 11.5. The molecule has 1 amide bonds. The van der Waals surface area contributed by atoms with Crippen LogP contribution in [0, 0.1) is 0 Å². The fourth-order valence-electron chi connectivity index (χ4n) is 2.34. The van der Waals surface area contributed by atoms with E-state index in [1.807, 2.05) is 12.3 Å². The number of pyridine rings is 1. The van der Waals surface area contributed by atoms with Gasteiger partial charge in [0, 0.05) is 31.7 Å². The SMILES string of the molecule is CCc1cccnc1CNC1CCCNC(=O)C1. The summed E-state index contributed by atoms with van der Waals surface area (Å²) in [4.78, 5) is 15.9. The number of nitrogens with zero attached hydrogens (tertiary/aromatic N) is 1. The van der Waals surface area contributed by atoms with E-state index in [2.05, 4.69) is 28.6 Å². The number of nitrogens with one attached hydrogen (secondary N) is 2. The molecule has 1 aromatic rings. The Morgan fingerprint density at radius 2 is 2.44 bits per heavy atom.